The predicted molar refractivity (Wildman–Crippen MR) is 143 cm³/mol. The molecule has 1 fully saturated rings. The van der Waals surface area contributed by atoms with Gasteiger partial charge in [0.1, 0.15) is 17.5 Å². The smallest absolute Gasteiger partial charge is 0.410 e. The van der Waals surface area contributed by atoms with Crippen molar-refractivity contribution in [3.8, 4) is 0 Å². The van der Waals surface area contributed by atoms with Crippen LogP contribution in [0.1, 0.15) is 68.6 Å². The fourth-order valence-corrected chi connectivity index (χ4v) is 5.58. The van der Waals surface area contributed by atoms with Gasteiger partial charge in [0.25, 0.3) is 5.92 Å². The highest BCUT2D eigenvalue weighted by Gasteiger charge is 2.58. The number of halogens is 3. The molecule has 1 unspecified atom stereocenters. The lowest BCUT2D eigenvalue weighted by Gasteiger charge is -2.30. The van der Waals surface area contributed by atoms with E-state index in [9.17, 15) is 13.2 Å². The van der Waals surface area contributed by atoms with Gasteiger partial charge in [-0.1, -0.05) is 31.2 Å². The molecule has 0 radical (unpaired) electrons. The summed E-state index contributed by atoms with van der Waals surface area (Å²) in [6.07, 6.45) is -1.40. The molecule has 1 aromatic carbocycles. The monoisotopic (exact) mass is 570 g/mol. The molecule has 1 saturated heterocycles. The van der Waals surface area contributed by atoms with Crippen molar-refractivity contribution in [3.05, 3.63) is 64.2 Å². The van der Waals surface area contributed by atoms with Crippen LogP contribution in [0.5, 0.6) is 0 Å². The molecule has 3 N–H and O–H groups in total. The van der Waals surface area contributed by atoms with E-state index in [1.807, 2.05) is 17.7 Å². The maximum atomic E-state index is 16.0. The Hall–Kier alpha value is -2.70. The highest BCUT2D eigenvalue weighted by atomic mass is 32.2. The first-order valence-corrected chi connectivity index (χ1v) is 14.5. The lowest BCUT2D eigenvalue weighted by molar-refractivity contribution is -0.0122. The number of nitrogens with one attached hydrogen (secondary N) is 1. The summed E-state index contributed by atoms with van der Waals surface area (Å²) in [5, 5.41) is 0. The highest BCUT2D eigenvalue weighted by molar-refractivity contribution is 7.89. The van der Waals surface area contributed by atoms with Crippen LogP contribution in [0.3, 0.4) is 0 Å². The van der Waals surface area contributed by atoms with Crippen LogP contribution >= 0.6 is 0 Å². The molecule has 2 heterocycles. The molecule has 0 bridgehead atoms. The Kier molecular flexibility index (Phi) is 9.03. The molecule has 3 rings (SSSR count). The van der Waals surface area contributed by atoms with Gasteiger partial charge in [0, 0.05) is 12.5 Å². The van der Waals surface area contributed by atoms with Crippen LogP contribution in [0, 0.1) is 12.7 Å². The number of nitrogens with two attached hydrogens (primary N) is 1. The SMILES string of the molecule is CCS(=O)(=O)N[C@@H]1[C@H](Cc2cccc(C(C)c3nc(CN)ccc3C)c2F)N(C(=O)OC(C)(C)C)CC1(F)F. The zero-order valence-corrected chi connectivity index (χ0v) is 23.9. The zero-order chi connectivity index (χ0) is 29.3. The Labute approximate surface area is 228 Å². The van der Waals surface area contributed by atoms with E-state index in [4.69, 9.17) is 10.5 Å². The van der Waals surface area contributed by atoms with Crippen molar-refractivity contribution in [2.24, 2.45) is 5.73 Å². The van der Waals surface area contributed by atoms with E-state index in [2.05, 4.69) is 4.98 Å². The normalized spacial score (nSPS) is 20.2. The van der Waals surface area contributed by atoms with Crippen molar-refractivity contribution >= 4 is 16.1 Å². The third-order valence-corrected chi connectivity index (χ3v) is 8.13. The van der Waals surface area contributed by atoms with Gasteiger partial charge in [-0.3, -0.25) is 9.88 Å². The highest BCUT2D eigenvalue weighted by Crippen LogP contribution is 2.37. The summed E-state index contributed by atoms with van der Waals surface area (Å²) < 4.78 is 78.5. The first-order valence-electron chi connectivity index (χ1n) is 12.8. The third kappa shape index (κ3) is 7.09. The Balaban J connectivity index is 2.04. The second-order valence-corrected chi connectivity index (χ2v) is 12.9. The van der Waals surface area contributed by atoms with E-state index >= 15 is 13.2 Å². The first kappa shape index (κ1) is 30.8. The number of benzene rings is 1. The molecule has 8 nitrogen and oxygen atoms in total. The van der Waals surface area contributed by atoms with Gasteiger partial charge in [-0.25, -0.2) is 31.1 Å². The van der Waals surface area contributed by atoms with Crippen molar-refractivity contribution in [1.82, 2.24) is 14.6 Å². The van der Waals surface area contributed by atoms with Gasteiger partial charge in [-0.05, 0) is 63.8 Å². The zero-order valence-electron chi connectivity index (χ0n) is 23.1. The number of carbonyl (C=O) groups excluding carboxylic acids is 1. The van der Waals surface area contributed by atoms with Crippen LogP contribution in [0.4, 0.5) is 18.0 Å². The van der Waals surface area contributed by atoms with Gasteiger partial charge in [0.15, 0.2) is 0 Å². The lowest BCUT2D eigenvalue weighted by Crippen LogP contribution is -2.53. The van der Waals surface area contributed by atoms with E-state index in [1.165, 1.54) is 13.0 Å². The molecule has 12 heteroatoms. The molecule has 1 aliphatic rings. The average Bonchev–Trinajstić information content (AvgIpc) is 3.08. The molecule has 2 aromatic rings. The maximum absolute atomic E-state index is 16.0. The minimum Gasteiger partial charge on any atom is -0.444 e. The quantitative estimate of drug-likeness (QED) is 0.491. The fraction of sp³-hybridized carbons (Fsp3) is 0.556. The summed E-state index contributed by atoms with van der Waals surface area (Å²) in [5.41, 5.74) is 7.20. The van der Waals surface area contributed by atoms with Crippen molar-refractivity contribution in [2.45, 2.75) is 84.0 Å². The topological polar surface area (TPSA) is 115 Å². The minimum atomic E-state index is -4.08. The average molecular weight is 571 g/mol. The number of carbonyl (C=O) groups is 1. The summed E-state index contributed by atoms with van der Waals surface area (Å²) in [6, 6.07) is 4.90. The minimum absolute atomic E-state index is 0.0592. The van der Waals surface area contributed by atoms with Crippen molar-refractivity contribution < 1.29 is 31.1 Å². The Morgan fingerprint density at radius 2 is 1.95 bits per heavy atom. The molecule has 216 valence electrons. The van der Waals surface area contributed by atoms with Gasteiger partial charge in [0.2, 0.25) is 10.0 Å². The summed E-state index contributed by atoms with van der Waals surface area (Å²) in [7, 11) is -4.08. The van der Waals surface area contributed by atoms with Gasteiger partial charge >= 0.3 is 6.09 Å². The molecular formula is C27H37F3N4O4S. The number of aromatic nitrogens is 1. The molecule has 0 spiro atoms. The van der Waals surface area contributed by atoms with E-state index in [0.29, 0.717) is 11.4 Å². The van der Waals surface area contributed by atoms with Gasteiger partial charge in [0.05, 0.1) is 29.7 Å². The van der Waals surface area contributed by atoms with Crippen LogP contribution in [-0.4, -0.2) is 60.3 Å². The van der Waals surface area contributed by atoms with Crippen molar-refractivity contribution in [2.75, 3.05) is 12.3 Å². The molecule has 1 aromatic heterocycles. The van der Waals surface area contributed by atoms with Gasteiger partial charge in [-0.15, -0.1) is 0 Å². The first-order chi connectivity index (χ1) is 18.0. The Morgan fingerprint density at radius 3 is 2.54 bits per heavy atom. The fourth-order valence-electron chi connectivity index (χ4n) is 4.70. The summed E-state index contributed by atoms with van der Waals surface area (Å²) in [4.78, 5) is 18.3. The van der Waals surface area contributed by atoms with Gasteiger partial charge < -0.3 is 10.5 Å². The van der Waals surface area contributed by atoms with Crippen molar-refractivity contribution in [1.29, 1.82) is 0 Å². The van der Waals surface area contributed by atoms with Crippen LogP contribution < -0.4 is 10.5 Å². The second kappa shape index (κ2) is 11.4. The Bertz CT molecular complexity index is 1310. The van der Waals surface area contributed by atoms with E-state index < -0.39 is 63.8 Å². The molecule has 0 aliphatic carbocycles. The lowest BCUT2D eigenvalue weighted by atomic mass is 9.90. The maximum Gasteiger partial charge on any atom is 0.410 e. The predicted octanol–water partition coefficient (Wildman–Crippen LogP) is 4.24. The summed E-state index contributed by atoms with van der Waals surface area (Å²) in [5.74, 6) is -5.18. The Morgan fingerprint density at radius 1 is 1.28 bits per heavy atom. The number of ether oxygens (including phenoxy) is 1. The molecule has 3 atom stereocenters. The van der Waals surface area contributed by atoms with Crippen LogP contribution in [0.15, 0.2) is 30.3 Å². The standard InChI is InChI=1S/C27H37F3N4O4S/c1-7-39(36,37)33-24-21(34(15-27(24,29)30)25(35)38-26(4,5)6)13-18-9-8-10-20(22(18)28)17(3)23-16(2)11-12-19(14-31)32-23/h8-12,17,21,24,33H,7,13-15,31H2,1-6H3/t17?,21-,24+/m0/s1. The molecule has 1 amide bonds. The van der Waals surface area contributed by atoms with Crippen LogP contribution in [0.25, 0.3) is 0 Å². The summed E-state index contributed by atoms with van der Waals surface area (Å²) >= 11 is 0. The van der Waals surface area contributed by atoms with Gasteiger partial charge in [-0.2, -0.15) is 0 Å². The second-order valence-electron chi connectivity index (χ2n) is 10.9. The van der Waals surface area contributed by atoms with E-state index in [-0.39, 0.29) is 24.1 Å². The number of aryl methyl sites for hydroxylation is 1. The number of alkyl halides is 2. The largest absolute Gasteiger partial charge is 0.444 e. The summed E-state index contributed by atoms with van der Waals surface area (Å²) in [6.45, 7) is 8.86. The van der Waals surface area contributed by atoms with E-state index in [0.717, 1.165) is 10.5 Å². The van der Waals surface area contributed by atoms with E-state index in [1.54, 1.807) is 45.9 Å². The molecule has 1 aliphatic heterocycles. The number of amides is 1. The van der Waals surface area contributed by atoms with Crippen molar-refractivity contribution in [3.63, 3.8) is 0 Å². The number of pyridine rings is 1. The molecule has 39 heavy (non-hydrogen) atoms. The van der Waals surface area contributed by atoms with Crippen LogP contribution in [-0.2, 0) is 27.7 Å². The molecule has 0 saturated carbocycles. The number of likely N-dealkylation sites (tertiary alicyclic amines) is 1. The number of nitrogens with zero attached hydrogens (tertiary/aromatic N) is 2. The number of hydrogen-bond donors (Lipinski definition) is 2. The number of sulfonamides is 1. The third-order valence-electron chi connectivity index (χ3n) is 6.75. The number of hydrogen-bond acceptors (Lipinski definition) is 6. The number of rotatable bonds is 8. The molecular weight excluding hydrogens is 533 g/mol. The van der Waals surface area contributed by atoms with Crippen LogP contribution in [0.2, 0.25) is 0 Å².